The zero-order valence-electron chi connectivity index (χ0n) is 30.0. The first-order valence-electron chi connectivity index (χ1n) is 18.8. The molecule has 47 heavy (non-hydrogen) atoms. The fourth-order valence-corrected chi connectivity index (χ4v) is 5.84. The van der Waals surface area contributed by atoms with Gasteiger partial charge in [0.05, 0.1) is 25.4 Å². The van der Waals surface area contributed by atoms with Gasteiger partial charge in [-0.2, -0.15) is 0 Å². The van der Waals surface area contributed by atoms with E-state index in [-0.39, 0.29) is 25.7 Å². The van der Waals surface area contributed by atoms with Crippen LogP contribution in [0.1, 0.15) is 155 Å². The van der Waals surface area contributed by atoms with Gasteiger partial charge in [0, 0.05) is 13.0 Å². The number of phosphoric ester groups is 1. The molecule has 0 heterocycles. The van der Waals surface area contributed by atoms with E-state index in [4.69, 9.17) is 14.8 Å². The molecule has 0 aliphatic carbocycles. The molecule has 274 valence electrons. The Morgan fingerprint density at radius 2 is 1.23 bits per heavy atom. The first-order chi connectivity index (χ1) is 22.9. The summed E-state index contributed by atoms with van der Waals surface area (Å²) in [5.74, 6) is -0.226. The normalized spacial score (nSPS) is 14.9. The van der Waals surface area contributed by atoms with E-state index in [0.717, 1.165) is 64.2 Å². The quantitative estimate of drug-likeness (QED) is 0.0302. The van der Waals surface area contributed by atoms with E-state index >= 15 is 0 Å². The van der Waals surface area contributed by atoms with Crippen molar-refractivity contribution in [3.8, 4) is 0 Å². The summed E-state index contributed by atoms with van der Waals surface area (Å²) < 4.78 is 22.0. The number of rotatable bonds is 34. The number of phosphoric acid groups is 1. The Labute approximate surface area is 288 Å². The number of aliphatic hydroxyl groups excluding tert-OH is 1. The molecular formula is C38H71N2O6P. The van der Waals surface area contributed by atoms with Crippen LogP contribution in [0.15, 0.2) is 48.6 Å². The Balaban J connectivity index is 4.39. The predicted molar refractivity (Wildman–Crippen MR) is 198 cm³/mol. The lowest BCUT2D eigenvalue weighted by atomic mass is 10.0. The van der Waals surface area contributed by atoms with Gasteiger partial charge in [0.15, 0.2) is 0 Å². The molecule has 0 aliphatic rings. The van der Waals surface area contributed by atoms with E-state index in [9.17, 15) is 19.4 Å². The van der Waals surface area contributed by atoms with Crippen LogP contribution in [0.5, 0.6) is 0 Å². The molecule has 8 nitrogen and oxygen atoms in total. The van der Waals surface area contributed by atoms with Crippen molar-refractivity contribution in [2.75, 3.05) is 19.8 Å². The van der Waals surface area contributed by atoms with E-state index in [2.05, 4.69) is 55.6 Å². The second kappa shape index (κ2) is 34.3. The van der Waals surface area contributed by atoms with Crippen LogP contribution in [-0.4, -0.2) is 47.8 Å². The van der Waals surface area contributed by atoms with Crippen molar-refractivity contribution >= 4 is 13.7 Å². The highest BCUT2D eigenvalue weighted by molar-refractivity contribution is 7.47. The number of nitrogens with one attached hydrogen (secondary N) is 1. The Morgan fingerprint density at radius 3 is 1.81 bits per heavy atom. The summed E-state index contributed by atoms with van der Waals surface area (Å²) in [6, 6.07) is -0.874. The van der Waals surface area contributed by atoms with Gasteiger partial charge in [-0.3, -0.25) is 13.8 Å². The molecule has 1 amide bonds. The van der Waals surface area contributed by atoms with E-state index in [1.807, 2.05) is 6.08 Å². The van der Waals surface area contributed by atoms with Crippen molar-refractivity contribution in [3.63, 3.8) is 0 Å². The van der Waals surface area contributed by atoms with Crippen LogP contribution in [0.2, 0.25) is 0 Å². The third-order valence-electron chi connectivity index (χ3n) is 7.91. The molecule has 0 saturated carbocycles. The molecule has 0 saturated heterocycles. The van der Waals surface area contributed by atoms with Crippen molar-refractivity contribution in [1.82, 2.24) is 5.32 Å². The van der Waals surface area contributed by atoms with Crippen molar-refractivity contribution < 1.29 is 28.4 Å². The molecule has 3 unspecified atom stereocenters. The Bertz CT molecular complexity index is 876. The maximum atomic E-state index is 12.7. The maximum absolute atomic E-state index is 12.7. The van der Waals surface area contributed by atoms with Crippen LogP contribution >= 0.6 is 7.82 Å². The summed E-state index contributed by atoms with van der Waals surface area (Å²) in [6.07, 6.45) is 40.1. The fraction of sp³-hybridized carbons (Fsp3) is 0.763. The SMILES string of the molecule is CC/C=C\C/C=C\C/C=C\CCCCCC(=O)NC(COP(=O)(O)OCCN)C(O)/C=C/CCCCCCCCCCCCCCC. The summed E-state index contributed by atoms with van der Waals surface area (Å²) in [5, 5.41) is 13.6. The number of carbonyl (C=O) groups is 1. The van der Waals surface area contributed by atoms with Gasteiger partial charge >= 0.3 is 7.82 Å². The summed E-state index contributed by atoms with van der Waals surface area (Å²) in [5.41, 5.74) is 5.35. The standard InChI is InChI=1S/C38H71N2O6P/c1-3-5-7-9-11-13-15-17-18-20-21-23-25-27-29-31-37(41)36(35-46-47(43,44)45-34-33-39)40-38(42)32-30-28-26-24-22-19-16-14-12-10-8-6-4-2/h6,8,12,14,19,22,29,31,36-37,41H,3-5,7,9-11,13,15-18,20-21,23-28,30,32-35,39H2,1-2H3,(H,40,42)(H,43,44)/b8-6-,14-12-,22-19-,31-29+. The van der Waals surface area contributed by atoms with Crippen LogP contribution < -0.4 is 11.1 Å². The lowest BCUT2D eigenvalue weighted by Crippen LogP contribution is -2.45. The monoisotopic (exact) mass is 683 g/mol. The minimum absolute atomic E-state index is 0.0718. The number of carbonyl (C=O) groups excluding carboxylic acids is 1. The predicted octanol–water partition coefficient (Wildman–Crippen LogP) is 9.77. The van der Waals surface area contributed by atoms with E-state index in [1.54, 1.807) is 6.08 Å². The smallest absolute Gasteiger partial charge is 0.387 e. The molecule has 0 rings (SSSR count). The highest BCUT2D eigenvalue weighted by Crippen LogP contribution is 2.43. The molecule has 3 atom stereocenters. The molecule has 9 heteroatoms. The largest absolute Gasteiger partial charge is 0.472 e. The molecule has 0 aliphatic heterocycles. The van der Waals surface area contributed by atoms with Crippen LogP contribution in [0.3, 0.4) is 0 Å². The highest BCUT2D eigenvalue weighted by atomic mass is 31.2. The zero-order valence-corrected chi connectivity index (χ0v) is 30.9. The highest BCUT2D eigenvalue weighted by Gasteiger charge is 2.26. The molecule has 5 N–H and O–H groups in total. The van der Waals surface area contributed by atoms with Crippen LogP contribution in [0.4, 0.5) is 0 Å². The van der Waals surface area contributed by atoms with Gasteiger partial charge in [0.1, 0.15) is 0 Å². The first kappa shape index (κ1) is 45.5. The molecule has 0 aromatic carbocycles. The summed E-state index contributed by atoms with van der Waals surface area (Å²) in [6.45, 7) is 3.97. The molecule has 0 bridgehead atoms. The lowest BCUT2D eigenvalue weighted by molar-refractivity contribution is -0.123. The average molecular weight is 683 g/mol. The summed E-state index contributed by atoms with van der Waals surface area (Å²) in [4.78, 5) is 22.6. The summed E-state index contributed by atoms with van der Waals surface area (Å²) >= 11 is 0. The van der Waals surface area contributed by atoms with Gasteiger partial charge in [-0.15, -0.1) is 0 Å². The van der Waals surface area contributed by atoms with E-state index < -0.39 is 20.0 Å². The van der Waals surface area contributed by atoms with Gasteiger partial charge in [-0.1, -0.05) is 146 Å². The third-order valence-corrected chi connectivity index (χ3v) is 8.89. The van der Waals surface area contributed by atoms with Gasteiger partial charge in [-0.25, -0.2) is 4.57 Å². The Hall–Kier alpha value is -1.54. The van der Waals surface area contributed by atoms with Gasteiger partial charge in [-0.05, 0) is 51.4 Å². The van der Waals surface area contributed by atoms with Crippen molar-refractivity contribution in [1.29, 1.82) is 0 Å². The fourth-order valence-electron chi connectivity index (χ4n) is 5.09. The number of amides is 1. The van der Waals surface area contributed by atoms with Crippen LogP contribution in [0, 0.1) is 0 Å². The van der Waals surface area contributed by atoms with Crippen molar-refractivity contribution in [2.24, 2.45) is 5.73 Å². The topological polar surface area (TPSA) is 131 Å². The number of allylic oxidation sites excluding steroid dienone is 7. The van der Waals surface area contributed by atoms with Crippen LogP contribution in [0.25, 0.3) is 0 Å². The maximum Gasteiger partial charge on any atom is 0.472 e. The minimum Gasteiger partial charge on any atom is -0.387 e. The average Bonchev–Trinajstić information content (AvgIpc) is 3.05. The second-order valence-electron chi connectivity index (χ2n) is 12.4. The number of unbranched alkanes of at least 4 members (excludes halogenated alkanes) is 16. The molecule has 0 aromatic rings. The van der Waals surface area contributed by atoms with Gasteiger partial charge in [0.25, 0.3) is 0 Å². The Kier molecular flexibility index (Phi) is 33.2. The molecule has 0 spiro atoms. The number of nitrogens with two attached hydrogens (primary N) is 1. The molecule has 0 radical (unpaired) electrons. The number of hydrogen-bond donors (Lipinski definition) is 4. The van der Waals surface area contributed by atoms with E-state index in [1.165, 1.54) is 70.6 Å². The summed E-state index contributed by atoms with van der Waals surface area (Å²) in [7, 11) is -4.34. The second-order valence-corrected chi connectivity index (χ2v) is 13.9. The van der Waals surface area contributed by atoms with Crippen molar-refractivity contribution in [2.45, 2.75) is 167 Å². The lowest BCUT2D eigenvalue weighted by Gasteiger charge is -2.23. The number of aliphatic hydroxyl groups is 1. The third kappa shape index (κ3) is 32.8. The Morgan fingerprint density at radius 1 is 0.723 bits per heavy atom. The van der Waals surface area contributed by atoms with Crippen molar-refractivity contribution in [3.05, 3.63) is 48.6 Å². The molecule has 0 aromatic heterocycles. The molecule has 0 fully saturated rings. The van der Waals surface area contributed by atoms with Gasteiger partial charge in [0.2, 0.25) is 5.91 Å². The van der Waals surface area contributed by atoms with Crippen LogP contribution in [-0.2, 0) is 18.4 Å². The first-order valence-corrected chi connectivity index (χ1v) is 20.3. The molecular weight excluding hydrogens is 611 g/mol. The zero-order chi connectivity index (χ0) is 34.7. The van der Waals surface area contributed by atoms with Gasteiger partial charge < -0.3 is 21.1 Å². The minimum atomic E-state index is -4.34. The number of hydrogen-bond acceptors (Lipinski definition) is 6. The van der Waals surface area contributed by atoms with E-state index in [0.29, 0.717) is 6.42 Å².